The number of sulfonamides is 1. The standard InChI is InChI=1S/C11H15NO4S/c1-2-12(8-11(13)14)17(15,16)9-10-6-4-3-5-7-10/h3-7H,2,8-9H2,1H3,(H,13,14). The highest BCUT2D eigenvalue weighted by molar-refractivity contribution is 7.88. The molecular formula is C11H15NO4S. The van der Waals surface area contributed by atoms with Gasteiger partial charge >= 0.3 is 5.97 Å². The monoisotopic (exact) mass is 257 g/mol. The van der Waals surface area contributed by atoms with Crippen molar-refractivity contribution in [2.75, 3.05) is 13.1 Å². The number of carbonyl (C=O) groups is 1. The van der Waals surface area contributed by atoms with Crippen LogP contribution in [0.15, 0.2) is 30.3 Å². The van der Waals surface area contributed by atoms with Crippen molar-refractivity contribution < 1.29 is 18.3 Å². The Kier molecular flexibility index (Phi) is 4.65. The number of aliphatic carboxylic acids is 1. The summed E-state index contributed by atoms with van der Waals surface area (Å²) < 4.78 is 24.8. The van der Waals surface area contributed by atoms with E-state index in [-0.39, 0.29) is 12.3 Å². The van der Waals surface area contributed by atoms with Crippen LogP contribution in [0.4, 0.5) is 0 Å². The summed E-state index contributed by atoms with van der Waals surface area (Å²) in [4.78, 5) is 10.6. The summed E-state index contributed by atoms with van der Waals surface area (Å²) in [6.45, 7) is 1.28. The van der Waals surface area contributed by atoms with Gasteiger partial charge in [-0.1, -0.05) is 37.3 Å². The van der Waals surface area contributed by atoms with Crippen molar-refractivity contribution in [3.63, 3.8) is 0 Å². The molecule has 0 heterocycles. The Hall–Kier alpha value is -1.40. The second-order valence-electron chi connectivity index (χ2n) is 3.56. The number of hydrogen-bond acceptors (Lipinski definition) is 3. The van der Waals surface area contributed by atoms with Crippen LogP contribution < -0.4 is 0 Å². The van der Waals surface area contributed by atoms with Gasteiger partial charge in [0.15, 0.2) is 0 Å². The van der Waals surface area contributed by atoms with Crippen LogP contribution in [0.25, 0.3) is 0 Å². The normalized spacial score (nSPS) is 11.6. The van der Waals surface area contributed by atoms with Crippen molar-refractivity contribution in [2.45, 2.75) is 12.7 Å². The molecule has 94 valence electrons. The second-order valence-corrected chi connectivity index (χ2v) is 5.53. The Balaban J connectivity index is 2.83. The van der Waals surface area contributed by atoms with Crippen LogP contribution in [0.3, 0.4) is 0 Å². The number of carboxylic acids is 1. The van der Waals surface area contributed by atoms with Gasteiger partial charge < -0.3 is 5.11 Å². The number of rotatable bonds is 6. The molecule has 0 aliphatic rings. The maximum Gasteiger partial charge on any atom is 0.318 e. The molecule has 0 radical (unpaired) electrons. The molecule has 0 atom stereocenters. The first-order valence-corrected chi connectivity index (χ1v) is 6.80. The number of likely N-dealkylation sites (N-methyl/N-ethyl adjacent to an activating group) is 1. The first-order chi connectivity index (χ1) is 7.95. The minimum atomic E-state index is -3.57. The van der Waals surface area contributed by atoms with Gasteiger partial charge in [-0.2, -0.15) is 4.31 Å². The largest absolute Gasteiger partial charge is 0.480 e. The van der Waals surface area contributed by atoms with Crippen LogP contribution >= 0.6 is 0 Å². The third-order valence-corrected chi connectivity index (χ3v) is 4.12. The van der Waals surface area contributed by atoms with Gasteiger partial charge in [0.05, 0.1) is 5.75 Å². The fourth-order valence-electron chi connectivity index (χ4n) is 1.43. The van der Waals surface area contributed by atoms with E-state index in [1.807, 2.05) is 0 Å². The lowest BCUT2D eigenvalue weighted by Crippen LogP contribution is -2.36. The quantitative estimate of drug-likeness (QED) is 0.822. The zero-order chi connectivity index (χ0) is 12.9. The summed E-state index contributed by atoms with van der Waals surface area (Å²) in [5.74, 6) is -1.32. The van der Waals surface area contributed by atoms with Crippen LogP contribution in [-0.2, 0) is 20.6 Å². The van der Waals surface area contributed by atoms with Gasteiger partial charge in [0, 0.05) is 6.54 Å². The van der Waals surface area contributed by atoms with Crippen molar-refractivity contribution in [2.24, 2.45) is 0 Å². The topological polar surface area (TPSA) is 74.7 Å². The Labute approximate surface area is 101 Å². The van der Waals surface area contributed by atoms with Crippen LogP contribution in [0.1, 0.15) is 12.5 Å². The smallest absolute Gasteiger partial charge is 0.318 e. The molecule has 6 heteroatoms. The summed E-state index contributed by atoms with van der Waals surface area (Å²) in [6, 6.07) is 8.69. The van der Waals surface area contributed by atoms with E-state index in [0.717, 1.165) is 4.31 Å². The molecule has 0 saturated carbocycles. The highest BCUT2D eigenvalue weighted by Gasteiger charge is 2.22. The maximum atomic E-state index is 11.9. The van der Waals surface area contributed by atoms with Crippen LogP contribution in [0.5, 0.6) is 0 Å². The van der Waals surface area contributed by atoms with Gasteiger partial charge in [-0.25, -0.2) is 8.42 Å². The average molecular weight is 257 g/mol. The fraction of sp³-hybridized carbons (Fsp3) is 0.364. The molecule has 0 bridgehead atoms. The highest BCUT2D eigenvalue weighted by atomic mass is 32.2. The molecule has 0 fully saturated rings. The number of nitrogens with zero attached hydrogens (tertiary/aromatic N) is 1. The third kappa shape index (κ3) is 4.16. The van der Waals surface area contributed by atoms with E-state index < -0.39 is 22.5 Å². The lowest BCUT2D eigenvalue weighted by atomic mass is 10.2. The van der Waals surface area contributed by atoms with E-state index in [2.05, 4.69) is 0 Å². The number of carboxylic acid groups (broad SMARTS) is 1. The lowest BCUT2D eigenvalue weighted by molar-refractivity contribution is -0.137. The molecule has 0 unspecified atom stereocenters. The minimum Gasteiger partial charge on any atom is -0.480 e. The summed E-state index contributed by atoms with van der Waals surface area (Å²) in [5, 5.41) is 8.64. The summed E-state index contributed by atoms with van der Waals surface area (Å²) >= 11 is 0. The molecule has 0 spiro atoms. The van der Waals surface area contributed by atoms with Gasteiger partial charge in [0.2, 0.25) is 10.0 Å². The molecule has 0 aliphatic carbocycles. The van der Waals surface area contributed by atoms with Crippen molar-refractivity contribution in [1.82, 2.24) is 4.31 Å². The molecule has 0 saturated heterocycles. The van der Waals surface area contributed by atoms with E-state index in [1.54, 1.807) is 37.3 Å². The van der Waals surface area contributed by atoms with Gasteiger partial charge in [-0.05, 0) is 5.56 Å². The van der Waals surface area contributed by atoms with Gasteiger partial charge in [0.25, 0.3) is 0 Å². The Morgan fingerprint density at radius 2 is 1.88 bits per heavy atom. The predicted octanol–water partition coefficient (Wildman–Crippen LogP) is 0.923. The van der Waals surface area contributed by atoms with E-state index >= 15 is 0 Å². The van der Waals surface area contributed by atoms with Crippen molar-refractivity contribution in [3.05, 3.63) is 35.9 Å². The number of hydrogen-bond donors (Lipinski definition) is 1. The van der Waals surface area contributed by atoms with E-state index in [0.29, 0.717) is 5.56 Å². The Bertz CT molecular complexity index is 470. The molecule has 1 rings (SSSR count). The van der Waals surface area contributed by atoms with E-state index in [1.165, 1.54) is 0 Å². The molecule has 1 N–H and O–H groups in total. The first kappa shape index (κ1) is 13.7. The maximum absolute atomic E-state index is 11.9. The van der Waals surface area contributed by atoms with Crippen LogP contribution in [0.2, 0.25) is 0 Å². The molecule has 5 nitrogen and oxygen atoms in total. The first-order valence-electron chi connectivity index (χ1n) is 5.19. The molecule has 0 aromatic heterocycles. The van der Waals surface area contributed by atoms with Gasteiger partial charge in [0.1, 0.15) is 6.54 Å². The van der Waals surface area contributed by atoms with Gasteiger partial charge in [-0.15, -0.1) is 0 Å². The van der Waals surface area contributed by atoms with Crippen molar-refractivity contribution >= 4 is 16.0 Å². The highest BCUT2D eigenvalue weighted by Crippen LogP contribution is 2.10. The zero-order valence-electron chi connectivity index (χ0n) is 9.54. The zero-order valence-corrected chi connectivity index (χ0v) is 10.4. The Morgan fingerprint density at radius 3 is 2.35 bits per heavy atom. The van der Waals surface area contributed by atoms with E-state index in [4.69, 9.17) is 5.11 Å². The van der Waals surface area contributed by atoms with Crippen LogP contribution in [-0.4, -0.2) is 36.9 Å². The summed E-state index contributed by atoms with van der Waals surface area (Å²) in [6.07, 6.45) is 0. The molecule has 0 aliphatic heterocycles. The second kappa shape index (κ2) is 5.79. The van der Waals surface area contributed by atoms with E-state index in [9.17, 15) is 13.2 Å². The SMILES string of the molecule is CCN(CC(=O)O)S(=O)(=O)Cc1ccccc1. The van der Waals surface area contributed by atoms with Crippen molar-refractivity contribution in [3.8, 4) is 0 Å². The summed E-state index contributed by atoms with van der Waals surface area (Å²) in [5.41, 5.74) is 0.649. The Morgan fingerprint density at radius 1 is 1.29 bits per heavy atom. The molecule has 17 heavy (non-hydrogen) atoms. The predicted molar refractivity (Wildman–Crippen MR) is 63.9 cm³/mol. The number of benzene rings is 1. The lowest BCUT2D eigenvalue weighted by Gasteiger charge is -2.18. The third-order valence-electron chi connectivity index (χ3n) is 2.25. The molecular weight excluding hydrogens is 242 g/mol. The van der Waals surface area contributed by atoms with Gasteiger partial charge in [-0.3, -0.25) is 4.79 Å². The minimum absolute atomic E-state index is 0.154. The fourth-order valence-corrected chi connectivity index (χ4v) is 2.93. The average Bonchev–Trinajstić information content (AvgIpc) is 2.26. The summed E-state index contributed by atoms with van der Waals surface area (Å²) in [7, 11) is -3.57. The van der Waals surface area contributed by atoms with Crippen LogP contribution in [0, 0.1) is 0 Å². The molecule has 0 amide bonds. The molecule has 1 aromatic carbocycles. The van der Waals surface area contributed by atoms with Crippen molar-refractivity contribution in [1.29, 1.82) is 0 Å². The molecule has 1 aromatic rings.